The van der Waals surface area contributed by atoms with Crippen molar-refractivity contribution in [3.8, 4) is 0 Å². The van der Waals surface area contributed by atoms with Crippen LogP contribution in [0.25, 0.3) is 0 Å². The van der Waals surface area contributed by atoms with E-state index in [0.29, 0.717) is 37.8 Å². The summed E-state index contributed by atoms with van der Waals surface area (Å²) in [6, 6.07) is 9.84. The smallest absolute Gasteiger partial charge is 0.243 e. The number of sulfonamides is 1. The van der Waals surface area contributed by atoms with E-state index in [4.69, 9.17) is 4.74 Å². The van der Waals surface area contributed by atoms with Gasteiger partial charge in [-0.05, 0) is 42.8 Å². The van der Waals surface area contributed by atoms with Crippen LogP contribution in [0.15, 0.2) is 47.5 Å². The predicted octanol–water partition coefficient (Wildman–Crippen LogP) is 1.40. The fourth-order valence-electron chi connectivity index (χ4n) is 3.70. The van der Waals surface area contributed by atoms with Gasteiger partial charge in [0.25, 0.3) is 0 Å². The quantitative estimate of drug-likeness (QED) is 0.747. The van der Waals surface area contributed by atoms with E-state index < -0.39 is 15.9 Å². The summed E-state index contributed by atoms with van der Waals surface area (Å²) in [6.45, 7) is 3.47. The lowest BCUT2D eigenvalue weighted by Crippen LogP contribution is -2.40. The Hall–Kier alpha value is -2.82. The highest BCUT2D eigenvalue weighted by Crippen LogP contribution is 2.28. The number of anilines is 2. The Morgan fingerprint density at radius 1 is 1.16 bits per heavy atom. The minimum atomic E-state index is -3.60. The zero-order chi connectivity index (χ0) is 22.0. The first-order valence-electron chi connectivity index (χ1n) is 10.1. The molecule has 31 heavy (non-hydrogen) atoms. The van der Waals surface area contributed by atoms with Gasteiger partial charge in [-0.3, -0.25) is 9.59 Å². The maximum atomic E-state index is 12.8. The van der Waals surface area contributed by atoms with E-state index in [-0.39, 0.29) is 29.7 Å². The first-order chi connectivity index (χ1) is 14.9. The van der Waals surface area contributed by atoms with Crippen LogP contribution in [0.5, 0.6) is 0 Å². The molecule has 0 spiro atoms. The third-order valence-corrected chi connectivity index (χ3v) is 7.42. The summed E-state index contributed by atoms with van der Waals surface area (Å²) < 4.78 is 32.1. The molecule has 1 atom stereocenters. The Morgan fingerprint density at radius 2 is 1.87 bits per heavy atom. The van der Waals surface area contributed by atoms with E-state index in [9.17, 15) is 18.0 Å². The molecule has 1 aromatic carbocycles. The number of hydrogen-bond acceptors (Lipinski definition) is 6. The first kappa shape index (κ1) is 21.4. The molecule has 4 rings (SSSR count). The summed E-state index contributed by atoms with van der Waals surface area (Å²) in [5, 5.41) is 2.79. The second-order valence-corrected chi connectivity index (χ2v) is 9.51. The molecule has 2 saturated heterocycles. The van der Waals surface area contributed by atoms with Crippen LogP contribution in [0.2, 0.25) is 0 Å². The number of morpholine rings is 1. The van der Waals surface area contributed by atoms with Gasteiger partial charge in [0.05, 0.1) is 24.0 Å². The maximum Gasteiger partial charge on any atom is 0.243 e. The molecular weight excluding hydrogens is 420 g/mol. The number of rotatable bonds is 5. The van der Waals surface area contributed by atoms with Crippen molar-refractivity contribution < 1.29 is 22.7 Å². The highest BCUT2D eigenvalue weighted by Gasteiger charge is 2.35. The van der Waals surface area contributed by atoms with E-state index in [1.54, 1.807) is 24.4 Å². The van der Waals surface area contributed by atoms with Crippen molar-refractivity contribution in [2.45, 2.75) is 18.2 Å². The number of ether oxygens (including phenoxy) is 1. The second-order valence-electron chi connectivity index (χ2n) is 7.57. The molecule has 0 saturated carbocycles. The highest BCUT2D eigenvalue weighted by atomic mass is 32.2. The first-order valence-corrected chi connectivity index (χ1v) is 11.5. The topological polar surface area (TPSA) is 109 Å². The minimum absolute atomic E-state index is 0.0888. The molecule has 1 aromatic heterocycles. The van der Waals surface area contributed by atoms with Crippen molar-refractivity contribution in [2.75, 3.05) is 43.1 Å². The average Bonchev–Trinajstić information content (AvgIpc) is 3.18. The molecule has 2 fully saturated rings. The number of nitrogens with zero attached hydrogens (tertiary/aromatic N) is 3. The molecule has 0 radical (unpaired) electrons. The maximum absolute atomic E-state index is 12.8. The van der Waals surface area contributed by atoms with Gasteiger partial charge >= 0.3 is 0 Å². The van der Waals surface area contributed by atoms with Gasteiger partial charge < -0.3 is 15.0 Å². The van der Waals surface area contributed by atoms with Gasteiger partial charge in [-0.1, -0.05) is 6.07 Å². The lowest BCUT2D eigenvalue weighted by atomic mass is 10.1. The van der Waals surface area contributed by atoms with Crippen LogP contribution in [0.1, 0.15) is 12.0 Å². The summed E-state index contributed by atoms with van der Waals surface area (Å²) in [5.41, 5.74) is 1.41. The van der Waals surface area contributed by atoms with Gasteiger partial charge in [0.15, 0.2) is 0 Å². The van der Waals surface area contributed by atoms with Crippen LogP contribution < -0.4 is 10.2 Å². The zero-order valence-electron chi connectivity index (χ0n) is 17.2. The molecule has 9 nitrogen and oxygen atoms in total. The number of aryl methyl sites for hydroxylation is 1. The van der Waals surface area contributed by atoms with E-state index in [0.717, 1.165) is 5.56 Å². The molecule has 2 aromatic rings. The van der Waals surface area contributed by atoms with Gasteiger partial charge in [0, 0.05) is 37.9 Å². The molecular formula is C21H24N4O5S. The van der Waals surface area contributed by atoms with E-state index in [1.165, 1.54) is 21.3 Å². The third kappa shape index (κ3) is 4.46. The van der Waals surface area contributed by atoms with Crippen molar-refractivity contribution in [1.82, 2.24) is 9.29 Å². The number of pyridine rings is 1. The second kappa shape index (κ2) is 8.74. The van der Waals surface area contributed by atoms with Crippen LogP contribution >= 0.6 is 0 Å². The van der Waals surface area contributed by atoms with Crippen molar-refractivity contribution >= 4 is 33.3 Å². The van der Waals surface area contributed by atoms with E-state index >= 15 is 0 Å². The number of carbonyl (C=O) groups excluding carboxylic acids is 2. The van der Waals surface area contributed by atoms with Crippen LogP contribution in [0, 0.1) is 12.8 Å². The predicted molar refractivity (Wildman–Crippen MR) is 114 cm³/mol. The monoisotopic (exact) mass is 444 g/mol. The SMILES string of the molecule is Cc1cccnc1NC(=O)C1CC(=O)N(c2ccc(S(=O)(=O)N3CCOCC3)cc2)C1. The Bertz CT molecular complexity index is 1080. The molecule has 1 unspecified atom stereocenters. The highest BCUT2D eigenvalue weighted by molar-refractivity contribution is 7.89. The van der Waals surface area contributed by atoms with Crippen molar-refractivity contribution in [3.63, 3.8) is 0 Å². The molecule has 10 heteroatoms. The van der Waals surface area contributed by atoms with Gasteiger partial charge in [0.2, 0.25) is 21.8 Å². The minimum Gasteiger partial charge on any atom is -0.379 e. The number of benzene rings is 1. The molecule has 164 valence electrons. The Balaban J connectivity index is 1.44. The number of hydrogen-bond donors (Lipinski definition) is 1. The van der Waals surface area contributed by atoms with Crippen LogP contribution in [0.4, 0.5) is 11.5 Å². The molecule has 2 aliphatic heterocycles. The standard InChI is InChI=1S/C21H24N4O5S/c1-15-3-2-8-22-20(15)23-21(27)16-13-19(26)25(14-16)17-4-6-18(7-5-17)31(28,29)24-9-11-30-12-10-24/h2-8,16H,9-14H2,1H3,(H,22,23,27). The molecule has 1 N–H and O–H groups in total. The van der Waals surface area contributed by atoms with E-state index in [1.807, 2.05) is 13.0 Å². The lowest BCUT2D eigenvalue weighted by Gasteiger charge is -2.26. The summed E-state index contributed by atoms with van der Waals surface area (Å²) in [4.78, 5) is 31.0. The molecule has 2 aliphatic rings. The molecule has 0 bridgehead atoms. The molecule has 3 heterocycles. The van der Waals surface area contributed by atoms with Crippen molar-refractivity contribution in [1.29, 1.82) is 0 Å². The van der Waals surface area contributed by atoms with Gasteiger partial charge in [-0.2, -0.15) is 4.31 Å². The third-order valence-electron chi connectivity index (χ3n) is 5.50. The fourth-order valence-corrected chi connectivity index (χ4v) is 5.11. The van der Waals surface area contributed by atoms with Crippen molar-refractivity contribution in [3.05, 3.63) is 48.2 Å². The zero-order valence-corrected chi connectivity index (χ0v) is 18.0. The summed E-state index contributed by atoms with van der Waals surface area (Å²) in [7, 11) is -3.60. The normalized spacial score (nSPS) is 20.1. The summed E-state index contributed by atoms with van der Waals surface area (Å²) in [6.07, 6.45) is 1.69. The number of carbonyl (C=O) groups is 2. The van der Waals surface area contributed by atoms with Gasteiger partial charge in [-0.15, -0.1) is 0 Å². The molecule has 2 amide bonds. The number of nitrogens with one attached hydrogen (secondary N) is 1. The van der Waals surface area contributed by atoms with Gasteiger partial charge in [-0.25, -0.2) is 13.4 Å². The average molecular weight is 445 g/mol. The van der Waals surface area contributed by atoms with Crippen LogP contribution in [-0.2, 0) is 24.3 Å². The largest absolute Gasteiger partial charge is 0.379 e. The number of amides is 2. The number of aromatic nitrogens is 1. The Kier molecular flexibility index (Phi) is 6.03. The van der Waals surface area contributed by atoms with Crippen molar-refractivity contribution in [2.24, 2.45) is 5.92 Å². The fraction of sp³-hybridized carbons (Fsp3) is 0.381. The summed E-state index contributed by atoms with van der Waals surface area (Å²) >= 11 is 0. The van der Waals surface area contributed by atoms with E-state index in [2.05, 4.69) is 10.3 Å². The van der Waals surface area contributed by atoms with Gasteiger partial charge in [0.1, 0.15) is 5.82 Å². The summed E-state index contributed by atoms with van der Waals surface area (Å²) in [5.74, 6) is -0.465. The van der Waals surface area contributed by atoms with Crippen LogP contribution in [-0.4, -0.2) is 62.4 Å². The lowest BCUT2D eigenvalue weighted by molar-refractivity contribution is -0.122. The molecule has 0 aliphatic carbocycles. The Morgan fingerprint density at radius 3 is 2.55 bits per heavy atom. The van der Waals surface area contributed by atoms with Crippen LogP contribution in [0.3, 0.4) is 0 Å². The Labute approximate surface area is 181 Å².